The van der Waals surface area contributed by atoms with Crippen LogP contribution in [0.1, 0.15) is 23.2 Å². The molecule has 1 saturated heterocycles. The van der Waals surface area contributed by atoms with E-state index in [1.165, 1.54) is 31.5 Å². The van der Waals surface area contributed by atoms with Crippen LogP contribution in [0.2, 0.25) is 5.15 Å². The third-order valence-electron chi connectivity index (χ3n) is 3.96. The van der Waals surface area contributed by atoms with Crippen LogP contribution in [0.5, 0.6) is 0 Å². The fourth-order valence-corrected chi connectivity index (χ4v) is 2.78. The summed E-state index contributed by atoms with van der Waals surface area (Å²) in [7, 11) is 0. The molecule has 2 heterocycles. The summed E-state index contributed by atoms with van der Waals surface area (Å²) in [5.74, 6) is 0.432. The maximum atomic E-state index is 11.3. The predicted molar refractivity (Wildman–Crippen MR) is 77.6 cm³/mol. The number of aromatic nitrogens is 1. The second-order valence-electron chi connectivity index (χ2n) is 5.54. The van der Waals surface area contributed by atoms with Crippen molar-refractivity contribution in [1.29, 1.82) is 0 Å². The van der Waals surface area contributed by atoms with Crippen LogP contribution in [0.3, 0.4) is 0 Å². The first-order chi connectivity index (χ1) is 9.63. The van der Waals surface area contributed by atoms with Crippen molar-refractivity contribution in [1.82, 2.24) is 9.88 Å². The van der Waals surface area contributed by atoms with Gasteiger partial charge < -0.3 is 10.0 Å². The number of aromatic carboxylic acids is 1. The lowest BCUT2D eigenvalue weighted by Crippen LogP contribution is -2.47. The molecule has 1 saturated carbocycles. The Morgan fingerprint density at radius 3 is 2.60 bits per heavy atom. The van der Waals surface area contributed by atoms with Gasteiger partial charge in [-0.2, -0.15) is 0 Å². The molecule has 0 atom stereocenters. The van der Waals surface area contributed by atoms with Crippen molar-refractivity contribution in [2.75, 3.05) is 37.6 Å². The smallest absolute Gasteiger partial charge is 0.339 e. The number of piperazine rings is 1. The van der Waals surface area contributed by atoms with E-state index in [0.29, 0.717) is 11.0 Å². The van der Waals surface area contributed by atoms with Crippen molar-refractivity contribution in [2.24, 2.45) is 5.92 Å². The van der Waals surface area contributed by atoms with Crippen molar-refractivity contribution in [2.45, 2.75) is 12.8 Å². The second kappa shape index (κ2) is 5.58. The number of anilines is 1. The van der Waals surface area contributed by atoms with Gasteiger partial charge in [-0.1, -0.05) is 11.6 Å². The molecule has 0 bridgehead atoms. The van der Waals surface area contributed by atoms with Crippen LogP contribution in [-0.2, 0) is 0 Å². The Morgan fingerprint density at radius 2 is 2.00 bits per heavy atom. The Hall–Kier alpha value is -1.33. The summed E-state index contributed by atoms with van der Waals surface area (Å²) in [5.41, 5.74) is 0.227. The van der Waals surface area contributed by atoms with Crippen LogP contribution < -0.4 is 4.90 Å². The van der Waals surface area contributed by atoms with Gasteiger partial charge in [0.05, 0.1) is 0 Å². The molecule has 2 aliphatic rings. The molecule has 1 aliphatic carbocycles. The Kier molecular flexibility index (Phi) is 3.81. The average molecular weight is 296 g/mol. The number of pyridine rings is 1. The minimum Gasteiger partial charge on any atom is -0.478 e. The van der Waals surface area contributed by atoms with Gasteiger partial charge in [0.1, 0.15) is 16.5 Å². The fraction of sp³-hybridized carbons (Fsp3) is 0.571. The predicted octanol–water partition coefficient (Wildman–Crippen LogP) is 1.97. The third-order valence-corrected chi connectivity index (χ3v) is 4.17. The van der Waals surface area contributed by atoms with Crippen molar-refractivity contribution in [3.05, 3.63) is 22.8 Å². The van der Waals surface area contributed by atoms with Crippen LogP contribution >= 0.6 is 11.6 Å². The SMILES string of the molecule is O=C(O)c1ccc(Cl)nc1N1CCN(CC2CC2)CC1. The monoisotopic (exact) mass is 295 g/mol. The molecule has 5 nitrogen and oxygen atoms in total. The average Bonchev–Trinajstić information content (AvgIpc) is 3.23. The molecule has 20 heavy (non-hydrogen) atoms. The number of carbonyl (C=O) groups is 1. The maximum Gasteiger partial charge on any atom is 0.339 e. The largest absolute Gasteiger partial charge is 0.478 e. The zero-order valence-corrected chi connectivity index (χ0v) is 12.0. The molecule has 1 N–H and O–H groups in total. The molecule has 108 valence electrons. The van der Waals surface area contributed by atoms with E-state index in [9.17, 15) is 9.90 Å². The molecule has 0 radical (unpaired) electrons. The Labute approximate surface area is 123 Å². The quantitative estimate of drug-likeness (QED) is 0.861. The Bertz CT molecular complexity index is 511. The van der Waals surface area contributed by atoms with Crippen molar-refractivity contribution >= 4 is 23.4 Å². The van der Waals surface area contributed by atoms with Crippen LogP contribution in [0.4, 0.5) is 5.82 Å². The molecule has 2 fully saturated rings. The van der Waals surface area contributed by atoms with Gasteiger partial charge in [0.15, 0.2) is 0 Å². The Morgan fingerprint density at radius 1 is 1.30 bits per heavy atom. The third kappa shape index (κ3) is 3.04. The lowest BCUT2D eigenvalue weighted by Gasteiger charge is -2.36. The normalized spacial score (nSPS) is 20.1. The zero-order chi connectivity index (χ0) is 14.1. The highest BCUT2D eigenvalue weighted by molar-refractivity contribution is 6.29. The lowest BCUT2D eigenvalue weighted by molar-refractivity contribution is 0.0697. The topological polar surface area (TPSA) is 56.7 Å². The first-order valence-corrected chi connectivity index (χ1v) is 7.38. The highest BCUT2D eigenvalue weighted by Crippen LogP contribution is 2.30. The van der Waals surface area contributed by atoms with E-state index in [0.717, 1.165) is 32.1 Å². The summed E-state index contributed by atoms with van der Waals surface area (Å²) in [6, 6.07) is 3.06. The van der Waals surface area contributed by atoms with Crippen LogP contribution in [0.25, 0.3) is 0 Å². The minimum absolute atomic E-state index is 0.227. The van der Waals surface area contributed by atoms with Gasteiger partial charge in [-0.15, -0.1) is 0 Å². The molecule has 0 unspecified atom stereocenters. The Balaban J connectivity index is 1.70. The number of carboxylic acid groups (broad SMARTS) is 1. The van der Waals surface area contributed by atoms with E-state index in [4.69, 9.17) is 11.6 Å². The number of hydrogen-bond donors (Lipinski definition) is 1. The summed E-state index contributed by atoms with van der Waals surface area (Å²) in [6.07, 6.45) is 2.72. The van der Waals surface area contributed by atoms with E-state index in [1.54, 1.807) is 0 Å². The number of nitrogens with zero attached hydrogens (tertiary/aromatic N) is 3. The van der Waals surface area contributed by atoms with E-state index in [2.05, 4.69) is 9.88 Å². The zero-order valence-electron chi connectivity index (χ0n) is 11.3. The summed E-state index contributed by atoms with van der Waals surface area (Å²) in [6.45, 7) is 4.72. The molecule has 0 spiro atoms. The van der Waals surface area contributed by atoms with Crippen molar-refractivity contribution in [3.8, 4) is 0 Å². The van der Waals surface area contributed by atoms with Crippen molar-refractivity contribution < 1.29 is 9.90 Å². The summed E-state index contributed by atoms with van der Waals surface area (Å²) in [4.78, 5) is 20.0. The fourth-order valence-electron chi connectivity index (χ4n) is 2.64. The molecular weight excluding hydrogens is 278 g/mol. The molecule has 3 rings (SSSR count). The molecular formula is C14H18ClN3O2. The molecule has 0 aromatic carbocycles. The van der Waals surface area contributed by atoms with E-state index in [-0.39, 0.29) is 5.56 Å². The van der Waals surface area contributed by atoms with Gasteiger partial charge in [-0.25, -0.2) is 9.78 Å². The molecule has 1 aromatic rings. The highest BCUT2D eigenvalue weighted by atomic mass is 35.5. The molecule has 1 aromatic heterocycles. The molecule has 1 aliphatic heterocycles. The molecule has 6 heteroatoms. The van der Waals surface area contributed by atoms with Gasteiger partial charge >= 0.3 is 5.97 Å². The minimum atomic E-state index is -0.954. The number of rotatable bonds is 4. The standard InChI is InChI=1S/C14H18ClN3O2/c15-12-4-3-11(14(19)20)13(16-12)18-7-5-17(6-8-18)9-10-1-2-10/h3-4,10H,1-2,5-9H2,(H,19,20). The second-order valence-corrected chi connectivity index (χ2v) is 5.93. The summed E-state index contributed by atoms with van der Waals surface area (Å²) in [5, 5.41) is 9.58. The van der Waals surface area contributed by atoms with Crippen LogP contribution in [-0.4, -0.2) is 53.7 Å². The van der Waals surface area contributed by atoms with Gasteiger partial charge in [0.2, 0.25) is 0 Å². The van der Waals surface area contributed by atoms with Gasteiger partial charge in [0, 0.05) is 32.7 Å². The van der Waals surface area contributed by atoms with E-state index >= 15 is 0 Å². The van der Waals surface area contributed by atoms with Gasteiger partial charge in [-0.3, -0.25) is 4.90 Å². The van der Waals surface area contributed by atoms with Crippen LogP contribution in [0.15, 0.2) is 12.1 Å². The van der Waals surface area contributed by atoms with Crippen LogP contribution in [0, 0.1) is 5.92 Å². The number of halogens is 1. The van der Waals surface area contributed by atoms with Gasteiger partial charge in [0.25, 0.3) is 0 Å². The van der Waals surface area contributed by atoms with Gasteiger partial charge in [-0.05, 0) is 30.9 Å². The summed E-state index contributed by atoms with van der Waals surface area (Å²) >= 11 is 5.91. The molecule has 0 amide bonds. The summed E-state index contributed by atoms with van der Waals surface area (Å²) < 4.78 is 0. The highest BCUT2D eigenvalue weighted by Gasteiger charge is 2.28. The van der Waals surface area contributed by atoms with Crippen molar-refractivity contribution in [3.63, 3.8) is 0 Å². The van der Waals surface area contributed by atoms with E-state index < -0.39 is 5.97 Å². The first kappa shape index (κ1) is 13.6. The first-order valence-electron chi connectivity index (χ1n) is 7.00. The lowest BCUT2D eigenvalue weighted by atomic mass is 10.2. The number of hydrogen-bond acceptors (Lipinski definition) is 4. The van der Waals surface area contributed by atoms with E-state index in [1.807, 2.05) is 4.90 Å². The number of carboxylic acids is 1. The maximum absolute atomic E-state index is 11.3.